The van der Waals surface area contributed by atoms with Crippen LogP contribution >= 0.6 is 27.5 Å². The van der Waals surface area contributed by atoms with E-state index >= 15 is 0 Å². The molecule has 0 aromatic heterocycles. The summed E-state index contributed by atoms with van der Waals surface area (Å²) in [5.41, 5.74) is 0.666. The van der Waals surface area contributed by atoms with Crippen molar-refractivity contribution < 1.29 is 4.79 Å². The number of carbonyl (C=O) groups excluding carboxylic acids is 1. The number of amides is 1. The van der Waals surface area contributed by atoms with Gasteiger partial charge in [0.05, 0.1) is 5.02 Å². The molecule has 1 aromatic carbocycles. The molecule has 98 valence electrons. The first-order chi connectivity index (χ1) is 8.59. The van der Waals surface area contributed by atoms with Crippen LogP contribution in [0.1, 0.15) is 23.2 Å². The van der Waals surface area contributed by atoms with Gasteiger partial charge in [0.1, 0.15) is 0 Å². The third-order valence-corrected chi connectivity index (χ3v) is 4.52. The first-order valence-electron chi connectivity index (χ1n) is 6.02. The lowest BCUT2D eigenvalue weighted by Crippen LogP contribution is -2.46. The third-order valence-electron chi connectivity index (χ3n) is 3.31. The Labute approximate surface area is 121 Å². The molecule has 0 aliphatic carbocycles. The van der Waals surface area contributed by atoms with E-state index in [9.17, 15) is 4.79 Å². The predicted octanol–water partition coefficient (Wildman–Crippen LogP) is 2.93. The minimum Gasteiger partial charge on any atom is -0.337 e. The van der Waals surface area contributed by atoms with Crippen LogP contribution in [0.5, 0.6) is 0 Å². The van der Waals surface area contributed by atoms with Crippen LogP contribution in [0.2, 0.25) is 5.02 Å². The number of hydrogen-bond donors (Lipinski definition) is 1. The first-order valence-corrected chi connectivity index (χ1v) is 7.19. The molecule has 1 atom stereocenters. The molecular weight excluding hydrogens is 316 g/mol. The summed E-state index contributed by atoms with van der Waals surface area (Å²) in [6.45, 7) is 1.92. The fourth-order valence-corrected chi connectivity index (χ4v) is 2.66. The van der Waals surface area contributed by atoms with Gasteiger partial charge in [-0.2, -0.15) is 0 Å². The average molecular weight is 332 g/mol. The average Bonchev–Trinajstić information content (AvgIpc) is 2.41. The van der Waals surface area contributed by atoms with Crippen molar-refractivity contribution in [3.05, 3.63) is 33.3 Å². The molecule has 1 unspecified atom stereocenters. The van der Waals surface area contributed by atoms with Crippen molar-refractivity contribution in [1.82, 2.24) is 10.2 Å². The smallest absolute Gasteiger partial charge is 0.253 e. The second-order valence-corrected chi connectivity index (χ2v) is 5.81. The number of carbonyl (C=O) groups is 1. The highest BCUT2D eigenvalue weighted by Crippen LogP contribution is 2.24. The van der Waals surface area contributed by atoms with Crippen molar-refractivity contribution in [3.8, 4) is 0 Å². The highest BCUT2D eigenvalue weighted by atomic mass is 79.9. The lowest BCUT2D eigenvalue weighted by atomic mass is 10.1. The summed E-state index contributed by atoms with van der Waals surface area (Å²) < 4.78 is 0.755. The summed E-state index contributed by atoms with van der Waals surface area (Å²) in [6, 6.07) is 5.56. The van der Waals surface area contributed by atoms with Gasteiger partial charge in [0.25, 0.3) is 5.91 Å². The molecule has 5 heteroatoms. The predicted molar refractivity (Wildman–Crippen MR) is 77.1 cm³/mol. The maximum absolute atomic E-state index is 12.3. The molecule has 1 aliphatic heterocycles. The van der Waals surface area contributed by atoms with Crippen LogP contribution in [-0.4, -0.2) is 37.0 Å². The van der Waals surface area contributed by atoms with Crippen molar-refractivity contribution in [1.29, 1.82) is 0 Å². The summed E-state index contributed by atoms with van der Waals surface area (Å²) in [5, 5.41) is 3.94. The van der Waals surface area contributed by atoms with E-state index in [0.717, 1.165) is 30.4 Å². The molecular formula is C13H16BrClN2O. The summed E-state index contributed by atoms with van der Waals surface area (Å²) in [7, 11) is 1.86. The molecule has 0 radical (unpaired) electrons. The van der Waals surface area contributed by atoms with Crippen LogP contribution in [0.15, 0.2) is 22.7 Å². The number of nitrogens with zero attached hydrogens (tertiary/aromatic N) is 1. The van der Waals surface area contributed by atoms with Gasteiger partial charge in [-0.25, -0.2) is 0 Å². The van der Waals surface area contributed by atoms with Crippen LogP contribution in [0.25, 0.3) is 0 Å². The quantitative estimate of drug-likeness (QED) is 0.904. The van der Waals surface area contributed by atoms with Crippen molar-refractivity contribution in [2.75, 3.05) is 20.1 Å². The fourth-order valence-electron chi connectivity index (χ4n) is 2.16. The topological polar surface area (TPSA) is 32.3 Å². The van der Waals surface area contributed by atoms with E-state index in [1.165, 1.54) is 0 Å². The molecule has 1 aliphatic rings. The van der Waals surface area contributed by atoms with Crippen molar-refractivity contribution in [2.45, 2.75) is 18.9 Å². The van der Waals surface area contributed by atoms with E-state index < -0.39 is 0 Å². The molecule has 18 heavy (non-hydrogen) atoms. The molecule has 1 aromatic rings. The van der Waals surface area contributed by atoms with Gasteiger partial charge in [-0.05, 0) is 53.5 Å². The molecule has 1 fully saturated rings. The summed E-state index contributed by atoms with van der Waals surface area (Å²) in [6.07, 6.45) is 2.18. The second-order valence-electron chi connectivity index (χ2n) is 4.55. The van der Waals surface area contributed by atoms with Crippen molar-refractivity contribution >= 4 is 33.4 Å². The number of hydrogen-bond acceptors (Lipinski definition) is 2. The lowest BCUT2D eigenvalue weighted by Gasteiger charge is -2.31. The van der Waals surface area contributed by atoms with Crippen LogP contribution in [0.4, 0.5) is 0 Å². The molecule has 0 saturated carbocycles. The highest BCUT2D eigenvalue weighted by Gasteiger charge is 2.23. The van der Waals surface area contributed by atoms with E-state index in [1.807, 2.05) is 11.9 Å². The Morgan fingerprint density at radius 3 is 2.94 bits per heavy atom. The zero-order valence-corrected chi connectivity index (χ0v) is 12.6. The molecule has 0 spiro atoms. The molecule has 1 N–H and O–H groups in total. The Kier molecular flexibility index (Phi) is 4.65. The fraction of sp³-hybridized carbons (Fsp3) is 0.462. The number of rotatable bonds is 2. The van der Waals surface area contributed by atoms with Crippen LogP contribution < -0.4 is 5.32 Å². The summed E-state index contributed by atoms with van der Waals surface area (Å²) in [4.78, 5) is 14.2. The minimum atomic E-state index is 0.0427. The van der Waals surface area contributed by atoms with E-state index in [2.05, 4.69) is 21.2 Å². The number of likely N-dealkylation sites (N-methyl/N-ethyl adjacent to an activating group) is 1. The number of piperidine rings is 1. The summed E-state index contributed by atoms with van der Waals surface area (Å²) in [5.74, 6) is 0.0427. The minimum absolute atomic E-state index is 0.0427. The van der Waals surface area contributed by atoms with Crippen LogP contribution in [-0.2, 0) is 0 Å². The SMILES string of the molecule is CN(C(=O)c1ccc(Cl)c(Br)c1)C1CCCNC1. The van der Waals surface area contributed by atoms with Gasteiger partial charge in [0.15, 0.2) is 0 Å². The Morgan fingerprint density at radius 1 is 1.56 bits per heavy atom. The Morgan fingerprint density at radius 2 is 2.33 bits per heavy atom. The normalized spacial score (nSPS) is 19.6. The third kappa shape index (κ3) is 3.05. The van der Waals surface area contributed by atoms with Gasteiger partial charge in [-0.15, -0.1) is 0 Å². The molecule has 1 heterocycles. The first kappa shape index (κ1) is 13.8. The largest absolute Gasteiger partial charge is 0.337 e. The van der Waals surface area contributed by atoms with E-state index in [1.54, 1.807) is 18.2 Å². The second kappa shape index (κ2) is 6.04. The van der Waals surface area contributed by atoms with E-state index in [4.69, 9.17) is 11.6 Å². The van der Waals surface area contributed by atoms with Gasteiger partial charge in [0.2, 0.25) is 0 Å². The zero-order valence-electron chi connectivity index (χ0n) is 10.2. The molecule has 3 nitrogen and oxygen atoms in total. The molecule has 1 amide bonds. The van der Waals surface area contributed by atoms with Gasteiger partial charge in [-0.1, -0.05) is 11.6 Å². The number of benzene rings is 1. The Hall–Kier alpha value is -0.580. The summed E-state index contributed by atoms with van der Waals surface area (Å²) >= 11 is 9.28. The van der Waals surface area contributed by atoms with Crippen LogP contribution in [0, 0.1) is 0 Å². The highest BCUT2D eigenvalue weighted by molar-refractivity contribution is 9.10. The maximum atomic E-state index is 12.3. The number of nitrogens with one attached hydrogen (secondary N) is 1. The van der Waals surface area contributed by atoms with Gasteiger partial charge < -0.3 is 10.2 Å². The van der Waals surface area contributed by atoms with E-state index in [0.29, 0.717) is 10.6 Å². The molecule has 1 saturated heterocycles. The Bertz CT molecular complexity index is 447. The van der Waals surface area contributed by atoms with Crippen molar-refractivity contribution in [3.63, 3.8) is 0 Å². The number of halogens is 2. The van der Waals surface area contributed by atoms with Gasteiger partial charge in [-0.3, -0.25) is 4.79 Å². The standard InChI is InChI=1S/C13H16BrClN2O/c1-17(10-3-2-6-16-8-10)13(18)9-4-5-12(15)11(14)7-9/h4-5,7,10,16H,2-3,6,8H2,1H3. The lowest BCUT2D eigenvalue weighted by molar-refractivity contribution is 0.0708. The van der Waals surface area contributed by atoms with E-state index in [-0.39, 0.29) is 11.9 Å². The van der Waals surface area contributed by atoms with Crippen molar-refractivity contribution in [2.24, 2.45) is 0 Å². The van der Waals surface area contributed by atoms with Crippen LogP contribution in [0.3, 0.4) is 0 Å². The molecule has 2 rings (SSSR count). The zero-order chi connectivity index (χ0) is 13.1. The van der Waals surface area contributed by atoms with Gasteiger partial charge in [0, 0.05) is 29.7 Å². The van der Waals surface area contributed by atoms with Gasteiger partial charge >= 0.3 is 0 Å². The Balaban J connectivity index is 2.11. The molecule has 0 bridgehead atoms. The maximum Gasteiger partial charge on any atom is 0.253 e. The monoisotopic (exact) mass is 330 g/mol.